The minimum absolute atomic E-state index is 0.133. The van der Waals surface area contributed by atoms with Crippen LogP contribution in [0.4, 0.5) is 16.2 Å². The molecule has 0 atom stereocenters. The SMILES string of the molecule is CC(=O)c1ccccc1NC(=O)Nc1cccc(Cl)c1Cl. The first-order chi connectivity index (χ1) is 9.99. The van der Waals surface area contributed by atoms with E-state index in [0.717, 1.165) is 0 Å². The maximum atomic E-state index is 12.0. The average Bonchev–Trinajstić information content (AvgIpc) is 2.44. The Labute approximate surface area is 132 Å². The van der Waals surface area contributed by atoms with Gasteiger partial charge in [0.05, 0.1) is 21.4 Å². The van der Waals surface area contributed by atoms with Gasteiger partial charge in [0.2, 0.25) is 0 Å². The van der Waals surface area contributed by atoms with Gasteiger partial charge in [-0.1, -0.05) is 41.4 Å². The Morgan fingerprint density at radius 1 is 0.905 bits per heavy atom. The number of urea groups is 1. The fraction of sp³-hybridized carbons (Fsp3) is 0.0667. The monoisotopic (exact) mass is 322 g/mol. The number of carbonyl (C=O) groups is 2. The van der Waals surface area contributed by atoms with Crippen LogP contribution in [0.3, 0.4) is 0 Å². The molecule has 0 saturated heterocycles. The number of para-hydroxylation sites is 1. The molecule has 2 N–H and O–H groups in total. The largest absolute Gasteiger partial charge is 0.323 e. The lowest BCUT2D eigenvalue weighted by Crippen LogP contribution is -2.21. The summed E-state index contributed by atoms with van der Waals surface area (Å²) in [4.78, 5) is 23.5. The van der Waals surface area contributed by atoms with Crippen LogP contribution in [0.15, 0.2) is 42.5 Å². The second-order valence-electron chi connectivity index (χ2n) is 4.28. The van der Waals surface area contributed by atoms with Crippen molar-refractivity contribution in [3.05, 3.63) is 58.1 Å². The highest BCUT2D eigenvalue weighted by Gasteiger charge is 2.11. The Balaban J connectivity index is 2.16. The summed E-state index contributed by atoms with van der Waals surface area (Å²) in [6.07, 6.45) is 0. The lowest BCUT2D eigenvalue weighted by molar-refractivity contribution is 0.101. The molecular formula is C15H12Cl2N2O2. The quantitative estimate of drug-likeness (QED) is 0.794. The van der Waals surface area contributed by atoms with Gasteiger partial charge >= 0.3 is 6.03 Å². The standard InChI is InChI=1S/C15H12Cl2N2O2/c1-9(20)10-5-2-3-7-12(10)18-15(21)19-13-8-4-6-11(16)14(13)17/h2-8H,1H3,(H2,18,19,21). The number of Topliss-reactive ketones (excluding diaryl/α,β-unsaturated/α-hetero) is 1. The van der Waals surface area contributed by atoms with E-state index in [1.165, 1.54) is 6.92 Å². The number of anilines is 2. The van der Waals surface area contributed by atoms with E-state index in [2.05, 4.69) is 10.6 Å². The third kappa shape index (κ3) is 3.74. The van der Waals surface area contributed by atoms with Gasteiger partial charge in [-0.2, -0.15) is 0 Å². The van der Waals surface area contributed by atoms with Gasteiger partial charge in [-0.3, -0.25) is 4.79 Å². The molecule has 2 aromatic rings. The molecule has 2 aromatic carbocycles. The van der Waals surface area contributed by atoms with E-state index >= 15 is 0 Å². The molecule has 0 heterocycles. The Kier molecular flexibility index (Phi) is 4.83. The highest BCUT2D eigenvalue weighted by molar-refractivity contribution is 6.44. The molecule has 2 rings (SSSR count). The van der Waals surface area contributed by atoms with Crippen LogP contribution in [0.25, 0.3) is 0 Å². The molecule has 0 spiro atoms. The molecule has 4 nitrogen and oxygen atoms in total. The maximum absolute atomic E-state index is 12.0. The number of rotatable bonds is 3. The van der Waals surface area contributed by atoms with E-state index in [4.69, 9.17) is 23.2 Å². The third-order valence-electron chi connectivity index (χ3n) is 2.75. The van der Waals surface area contributed by atoms with Crippen LogP contribution < -0.4 is 10.6 Å². The van der Waals surface area contributed by atoms with Crippen molar-refractivity contribution in [1.29, 1.82) is 0 Å². The van der Waals surface area contributed by atoms with Crippen molar-refractivity contribution >= 4 is 46.4 Å². The van der Waals surface area contributed by atoms with E-state index in [0.29, 0.717) is 22.0 Å². The number of halogens is 2. The van der Waals surface area contributed by atoms with Gasteiger partial charge in [0.25, 0.3) is 0 Å². The molecule has 0 aliphatic heterocycles. The van der Waals surface area contributed by atoms with E-state index in [1.807, 2.05) is 0 Å². The number of hydrogen-bond acceptors (Lipinski definition) is 2. The number of nitrogens with one attached hydrogen (secondary N) is 2. The summed E-state index contributed by atoms with van der Waals surface area (Å²) >= 11 is 11.9. The van der Waals surface area contributed by atoms with Crippen LogP contribution in [-0.2, 0) is 0 Å². The fourth-order valence-corrected chi connectivity index (χ4v) is 2.12. The van der Waals surface area contributed by atoms with Crippen LogP contribution in [0.5, 0.6) is 0 Å². The fourth-order valence-electron chi connectivity index (χ4n) is 1.78. The normalized spacial score (nSPS) is 10.0. The molecule has 0 fully saturated rings. The van der Waals surface area contributed by atoms with E-state index in [-0.39, 0.29) is 10.8 Å². The molecule has 6 heteroatoms. The molecule has 0 aromatic heterocycles. The predicted molar refractivity (Wildman–Crippen MR) is 85.5 cm³/mol. The van der Waals surface area contributed by atoms with Crippen molar-refractivity contribution in [2.45, 2.75) is 6.92 Å². The molecule has 0 saturated carbocycles. The molecule has 2 amide bonds. The summed E-state index contributed by atoms with van der Waals surface area (Å²) < 4.78 is 0. The van der Waals surface area contributed by atoms with Crippen LogP contribution in [0.1, 0.15) is 17.3 Å². The molecular weight excluding hydrogens is 311 g/mol. The molecule has 21 heavy (non-hydrogen) atoms. The smallest absolute Gasteiger partial charge is 0.307 e. The van der Waals surface area contributed by atoms with Crippen molar-refractivity contribution in [1.82, 2.24) is 0 Å². The van der Waals surface area contributed by atoms with Gasteiger partial charge in [-0.25, -0.2) is 4.79 Å². The second kappa shape index (κ2) is 6.61. The van der Waals surface area contributed by atoms with E-state index < -0.39 is 6.03 Å². The lowest BCUT2D eigenvalue weighted by atomic mass is 10.1. The van der Waals surface area contributed by atoms with Crippen LogP contribution in [-0.4, -0.2) is 11.8 Å². The lowest BCUT2D eigenvalue weighted by Gasteiger charge is -2.11. The summed E-state index contributed by atoms with van der Waals surface area (Å²) in [5, 5.41) is 5.81. The van der Waals surface area contributed by atoms with Gasteiger partial charge in [0, 0.05) is 5.56 Å². The highest BCUT2D eigenvalue weighted by Crippen LogP contribution is 2.29. The zero-order valence-corrected chi connectivity index (χ0v) is 12.6. The number of amides is 2. The molecule has 0 radical (unpaired) electrons. The highest BCUT2D eigenvalue weighted by atomic mass is 35.5. The summed E-state index contributed by atoms with van der Waals surface area (Å²) in [7, 11) is 0. The molecule has 108 valence electrons. The number of ketones is 1. The van der Waals surface area contributed by atoms with Crippen molar-refractivity contribution in [2.24, 2.45) is 0 Å². The van der Waals surface area contributed by atoms with Gasteiger partial charge in [0.15, 0.2) is 5.78 Å². The first kappa shape index (κ1) is 15.4. The summed E-state index contributed by atoms with van der Waals surface area (Å²) in [6, 6.07) is 11.2. The van der Waals surface area contributed by atoms with Gasteiger partial charge < -0.3 is 10.6 Å². The van der Waals surface area contributed by atoms with Crippen molar-refractivity contribution in [2.75, 3.05) is 10.6 Å². The number of benzene rings is 2. The first-order valence-corrected chi connectivity index (χ1v) is 6.86. The summed E-state index contributed by atoms with van der Waals surface area (Å²) in [6.45, 7) is 1.44. The van der Waals surface area contributed by atoms with Gasteiger partial charge in [-0.05, 0) is 31.2 Å². The summed E-state index contributed by atoms with van der Waals surface area (Å²) in [5.41, 5.74) is 1.26. The molecule has 0 bridgehead atoms. The zero-order valence-electron chi connectivity index (χ0n) is 11.1. The minimum atomic E-state index is -0.507. The predicted octanol–water partition coefficient (Wildman–Crippen LogP) is 4.84. The Hall–Kier alpha value is -2.04. The first-order valence-electron chi connectivity index (χ1n) is 6.11. The van der Waals surface area contributed by atoms with Crippen molar-refractivity contribution in [3.8, 4) is 0 Å². The van der Waals surface area contributed by atoms with Gasteiger partial charge in [0.1, 0.15) is 0 Å². The zero-order chi connectivity index (χ0) is 15.4. The molecule has 0 unspecified atom stereocenters. The summed E-state index contributed by atoms with van der Waals surface area (Å²) in [5.74, 6) is -0.133. The van der Waals surface area contributed by atoms with Crippen molar-refractivity contribution in [3.63, 3.8) is 0 Å². The van der Waals surface area contributed by atoms with Crippen LogP contribution >= 0.6 is 23.2 Å². The maximum Gasteiger partial charge on any atom is 0.323 e. The molecule has 0 aliphatic rings. The van der Waals surface area contributed by atoms with Gasteiger partial charge in [-0.15, -0.1) is 0 Å². The van der Waals surface area contributed by atoms with Crippen molar-refractivity contribution < 1.29 is 9.59 Å². The van der Waals surface area contributed by atoms with E-state index in [9.17, 15) is 9.59 Å². The van der Waals surface area contributed by atoms with E-state index in [1.54, 1.807) is 42.5 Å². The van der Waals surface area contributed by atoms with Crippen LogP contribution in [0, 0.1) is 0 Å². The Morgan fingerprint density at radius 2 is 1.52 bits per heavy atom. The Morgan fingerprint density at radius 3 is 2.24 bits per heavy atom. The second-order valence-corrected chi connectivity index (χ2v) is 5.07. The Bertz CT molecular complexity index is 702. The topological polar surface area (TPSA) is 58.2 Å². The average molecular weight is 323 g/mol. The number of hydrogen-bond donors (Lipinski definition) is 2. The number of carbonyl (C=O) groups excluding carboxylic acids is 2. The third-order valence-corrected chi connectivity index (χ3v) is 3.57. The minimum Gasteiger partial charge on any atom is -0.307 e. The van der Waals surface area contributed by atoms with Crippen LogP contribution in [0.2, 0.25) is 10.0 Å². The molecule has 0 aliphatic carbocycles.